The minimum atomic E-state index is -0.593. The van der Waals surface area contributed by atoms with Crippen molar-refractivity contribution in [3.63, 3.8) is 0 Å². The fourth-order valence-electron chi connectivity index (χ4n) is 2.76. The highest BCUT2D eigenvalue weighted by molar-refractivity contribution is 9.10. The van der Waals surface area contributed by atoms with E-state index in [0.717, 1.165) is 0 Å². The maximum atomic E-state index is 11.8. The van der Waals surface area contributed by atoms with Crippen LogP contribution in [0, 0.1) is 5.92 Å². The minimum absolute atomic E-state index is 0.0648. The number of hydrogen-bond acceptors (Lipinski definition) is 8. The van der Waals surface area contributed by atoms with Crippen molar-refractivity contribution in [1.29, 1.82) is 0 Å². The second-order valence-corrected chi connectivity index (χ2v) is 5.92. The average molecular weight is 402 g/mol. The number of ether oxygens (including phenoxy) is 4. The van der Waals surface area contributed by atoms with Crippen LogP contribution in [-0.2, 0) is 9.63 Å². The van der Waals surface area contributed by atoms with Gasteiger partial charge in [-0.3, -0.25) is 10.2 Å². The molecule has 0 spiro atoms. The molecule has 0 aromatic heterocycles. The number of carbonyl (C=O) groups excluding carboxylic acids is 1. The first-order valence-electron chi connectivity index (χ1n) is 7.02. The molecule has 0 saturated carbocycles. The van der Waals surface area contributed by atoms with Gasteiger partial charge < -0.3 is 23.8 Å². The molecule has 0 saturated heterocycles. The summed E-state index contributed by atoms with van der Waals surface area (Å²) in [5.41, 5.74) is 2.85. The Morgan fingerprint density at radius 1 is 1.29 bits per heavy atom. The molecule has 9 nitrogen and oxygen atoms in total. The van der Waals surface area contributed by atoms with Crippen molar-refractivity contribution in [2.75, 3.05) is 21.0 Å². The van der Waals surface area contributed by atoms with Crippen molar-refractivity contribution in [2.24, 2.45) is 16.9 Å². The number of nitrogens with two attached hydrogens (primary N) is 1. The number of rotatable bonds is 4. The van der Waals surface area contributed by atoms with E-state index >= 15 is 0 Å². The van der Waals surface area contributed by atoms with E-state index in [4.69, 9.17) is 29.6 Å². The zero-order valence-corrected chi connectivity index (χ0v) is 14.8. The van der Waals surface area contributed by atoms with Crippen LogP contribution in [0.4, 0.5) is 0 Å². The molecular formula is C14H16BrN3O6. The largest absolute Gasteiger partial charge is 0.492 e. The lowest BCUT2D eigenvalue weighted by molar-refractivity contribution is -0.115. The number of amides is 1. The average Bonchev–Trinajstić information content (AvgIpc) is 3.21. The first-order chi connectivity index (χ1) is 11.5. The van der Waals surface area contributed by atoms with Crippen molar-refractivity contribution < 1.29 is 28.6 Å². The van der Waals surface area contributed by atoms with Crippen LogP contribution in [0.15, 0.2) is 9.63 Å². The van der Waals surface area contributed by atoms with Gasteiger partial charge in [-0.25, -0.2) is 5.84 Å². The predicted molar refractivity (Wildman–Crippen MR) is 86.1 cm³/mol. The van der Waals surface area contributed by atoms with Gasteiger partial charge in [0, 0.05) is 0 Å². The fourth-order valence-corrected chi connectivity index (χ4v) is 3.46. The van der Waals surface area contributed by atoms with E-state index < -0.39 is 12.0 Å². The molecule has 2 heterocycles. The van der Waals surface area contributed by atoms with Crippen LogP contribution < -0.4 is 30.2 Å². The minimum Gasteiger partial charge on any atom is -0.492 e. The van der Waals surface area contributed by atoms with Gasteiger partial charge in [0.05, 0.1) is 30.2 Å². The summed E-state index contributed by atoms with van der Waals surface area (Å²) in [4.78, 5) is 17.3. The van der Waals surface area contributed by atoms with E-state index in [-0.39, 0.29) is 18.4 Å². The Hall–Kier alpha value is -2.20. The molecule has 0 unspecified atom stereocenters. The first kappa shape index (κ1) is 16.7. The topological polar surface area (TPSA) is 114 Å². The molecule has 0 bridgehead atoms. The number of benzene rings is 1. The number of hydrazine groups is 1. The van der Waals surface area contributed by atoms with Crippen LogP contribution in [-0.4, -0.2) is 32.6 Å². The third-order valence-electron chi connectivity index (χ3n) is 3.91. The Labute approximate surface area is 146 Å². The van der Waals surface area contributed by atoms with Crippen LogP contribution in [0.5, 0.6) is 23.0 Å². The van der Waals surface area contributed by atoms with Gasteiger partial charge in [-0.2, -0.15) is 0 Å². The molecule has 0 fully saturated rings. The van der Waals surface area contributed by atoms with Gasteiger partial charge in [-0.15, -0.1) is 0 Å². The molecule has 2 atom stereocenters. The second-order valence-electron chi connectivity index (χ2n) is 5.12. The van der Waals surface area contributed by atoms with Crippen molar-refractivity contribution in [3.8, 4) is 23.0 Å². The highest BCUT2D eigenvalue weighted by atomic mass is 79.9. The number of oxime groups is 1. The molecular weight excluding hydrogens is 386 g/mol. The molecule has 130 valence electrons. The zero-order chi connectivity index (χ0) is 17.4. The number of carbonyl (C=O) groups is 1. The van der Waals surface area contributed by atoms with Gasteiger partial charge in [0.25, 0.3) is 5.91 Å². The van der Waals surface area contributed by atoms with E-state index in [1.165, 1.54) is 14.2 Å². The van der Waals surface area contributed by atoms with Gasteiger partial charge in [-0.05, 0) is 15.9 Å². The monoisotopic (exact) mass is 401 g/mol. The maximum absolute atomic E-state index is 11.8. The van der Waals surface area contributed by atoms with Crippen LogP contribution in [0.1, 0.15) is 18.6 Å². The molecule has 1 amide bonds. The lowest BCUT2D eigenvalue weighted by atomic mass is 9.92. The van der Waals surface area contributed by atoms with E-state index in [0.29, 0.717) is 33.0 Å². The van der Waals surface area contributed by atoms with Crippen molar-refractivity contribution in [1.82, 2.24) is 5.43 Å². The molecule has 0 aliphatic carbocycles. The van der Waals surface area contributed by atoms with Crippen molar-refractivity contribution in [3.05, 3.63) is 10.0 Å². The molecule has 10 heteroatoms. The molecule has 3 N–H and O–H groups in total. The Balaban J connectivity index is 2.11. The Bertz CT molecular complexity index is 723. The highest BCUT2D eigenvalue weighted by Gasteiger charge is 2.42. The van der Waals surface area contributed by atoms with Gasteiger partial charge >= 0.3 is 0 Å². The molecule has 0 radical (unpaired) electrons. The zero-order valence-electron chi connectivity index (χ0n) is 13.2. The van der Waals surface area contributed by atoms with Crippen LogP contribution in [0.3, 0.4) is 0 Å². The number of methoxy groups -OCH3 is 2. The van der Waals surface area contributed by atoms with Gasteiger partial charge in [0.2, 0.25) is 18.3 Å². The third kappa shape index (κ3) is 2.33. The summed E-state index contributed by atoms with van der Waals surface area (Å²) < 4.78 is 22.5. The van der Waals surface area contributed by atoms with Crippen LogP contribution >= 0.6 is 15.9 Å². The van der Waals surface area contributed by atoms with E-state index in [9.17, 15) is 4.79 Å². The van der Waals surface area contributed by atoms with Crippen molar-refractivity contribution >= 4 is 27.5 Å². The summed E-state index contributed by atoms with van der Waals surface area (Å²) in [6, 6.07) is 0. The lowest BCUT2D eigenvalue weighted by Crippen LogP contribution is -2.38. The molecule has 1 aromatic carbocycles. The molecule has 3 rings (SSSR count). The fraction of sp³-hybridized carbons (Fsp3) is 0.429. The number of halogens is 1. The van der Waals surface area contributed by atoms with Crippen molar-refractivity contribution in [2.45, 2.75) is 13.0 Å². The van der Waals surface area contributed by atoms with Crippen LogP contribution in [0.25, 0.3) is 0 Å². The molecule has 1 aromatic rings. The van der Waals surface area contributed by atoms with Gasteiger partial charge in [0.1, 0.15) is 0 Å². The van der Waals surface area contributed by atoms with E-state index in [1.54, 1.807) is 6.92 Å². The summed E-state index contributed by atoms with van der Waals surface area (Å²) in [7, 11) is 3.00. The highest BCUT2D eigenvalue weighted by Crippen LogP contribution is 2.57. The number of hydrogen-bond donors (Lipinski definition) is 2. The summed E-state index contributed by atoms with van der Waals surface area (Å²) >= 11 is 3.50. The summed E-state index contributed by atoms with van der Waals surface area (Å²) in [6.07, 6.45) is -0.593. The standard InChI is InChI=1S/C14H16BrN3O6/c1-5-8(14(19)17-16)18-24-9(5)6-7(15)11-13(23-4-22-11)12(21-3)10(6)20-2/h5,9H,4,16H2,1-3H3,(H,17,19)/t5-,9-/m1/s1. The Kier molecular flexibility index (Phi) is 4.41. The smallest absolute Gasteiger partial charge is 0.283 e. The molecule has 2 aliphatic heterocycles. The van der Waals surface area contributed by atoms with E-state index in [1.807, 2.05) is 0 Å². The normalized spacial score (nSPS) is 21.1. The summed E-state index contributed by atoms with van der Waals surface area (Å²) in [5, 5.41) is 3.85. The second kappa shape index (κ2) is 6.36. The van der Waals surface area contributed by atoms with Gasteiger partial charge in [-0.1, -0.05) is 12.1 Å². The summed E-state index contributed by atoms with van der Waals surface area (Å²) in [6.45, 7) is 1.87. The number of fused-ring (bicyclic) bond motifs is 1. The Morgan fingerprint density at radius 3 is 2.58 bits per heavy atom. The number of nitrogens with one attached hydrogen (secondary N) is 1. The van der Waals surface area contributed by atoms with E-state index in [2.05, 4.69) is 26.5 Å². The number of nitrogens with zero attached hydrogens (tertiary/aromatic N) is 1. The molecule has 24 heavy (non-hydrogen) atoms. The van der Waals surface area contributed by atoms with Gasteiger partial charge in [0.15, 0.2) is 23.3 Å². The Morgan fingerprint density at radius 2 is 1.96 bits per heavy atom. The lowest BCUT2D eigenvalue weighted by Gasteiger charge is -2.22. The predicted octanol–water partition coefficient (Wildman–Crippen LogP) is 1.25. The molecule has 2 aliphatic rings. The summed E-state index contributed by atoms with van der Waals surface area (Å²) in [5.74, 6) is 6.02. The first-order valence-corrected chi connectivity index (χ1v) is 7.82. The maximum Gasteiger partial charge on any atom is 0.283 e. The third-order valence-corrected chi connectivity index (χ3v) is 4.70. The van der Waals surface area contributed by atoms with Crippen LogP contribution in [0.2, 0.25) is 0 Å². The SMILES string of the molecule is COc1c2c(c(Br)c([C@@H]3ON=C(C(=O)NN)[C@H]3C)c1OC)OCO2. The quantitative estimate of drug-likeness (QED) is 0.443.